The predicted molar refractivity (Wildman–Crippen MR) is 89.0 cm³/mol. The third-order valence-corrected chi connectivity index (χ3v) is 5.75. The molecule has 0 aliphatic carbocycles. The number of hydrogen-bond acceptors (Lipinski definition) is 6. The van der Waals surface area contributed by atoms with Crippen molar-refractivity contribution in [1.82, 2.24) is 20.6 Å². The summed E-state index contributed by atoms with van der Waals surface area (Å²) in [6.45, 7) is -0.204. The third kappa shape index (κ3) is 3.85. The minimum absolute atomic E-state index is 0.0215. The molecule has 1 aromatic carbocycles. The van der Waals surface area contributed by atoms with Crippen LogP contribution in [0, 0.1) is 5.92 Å². The molecule has 1 atom stereocenters. The normalized spacial score (nSPS) is 18.8. The number of nitrogens with zero attached hydrogens (tertiary/aromatic N) is 2. The molecule has 0 spiro atoms. The number of hydrazine groups is 1. The van der Waals surface area contributed by atoms with Crippen LogP contribution in [0.1, 0.15) is 6.42 Å². The van der Waals surface area contributed by atoms with E-state index < -0.39 is 27.6 Å². The lowest BCUT2D eigenvalue weighted by atomic mass is 10.1. The molecule has 3 rings (SSSR count). The Morgan fingerprint density at radius 1 is 1.24 bits per heavy atom. The summed E-state index contributed by atoms with van der Waals surface area (Å²) in [4.78, 5) is 35.6. The van der Waals surface area contributed by atoms with Crippen molar-refractivity contribution in [3.05, 3.63) is 40.7 Å². The van der Waals surface area contributed by atoms with E-state index in [0.29, 0.717) is 10.9 Å². The Morgan fingerprint density at radius 2 is 2.00 bits per heavy atom. The number of nitrogens with one attached hydrogen (secondary N) is 2. The molecule has 132 valence electrons. The van der Waals surface area contributed by atoms with Gasteiger partial charge in [-0.1, -0.05) is 12.1 Å². The van der Waals surface area contributed by atoms with E-state index >= 15 is 0 Å². The highest BCUT2D eigenvalue weighted by Crippen LogP contribution is 2.18. The maximum atomic E-state index is 12.0. The lowest BCUT2D eigenvalue weighted by molar-refractivity contribution is -0.131. The Labute approximate surface area is 142 Å². The highest BCUT2D eigenvalue weighted by Gasteiger charge is 2.33. The molecular weight excluding hydrogens is 348 g/mol. The summed E-state index contributed by atoms with van der Waals surface area (Å²) in [5.41, 5.74) is 4.73. The topological polar surface area (TPSA) is 127 Å². The quantitative estimate of drug-likeness (QED) is 0.671. The zero-order chi connectivity index (χ0) is 18.0. The number of rotatable bonds is 3. The van der Waals surface area contributed by atoms with E-state index in [1.165, 1.54) is 4.68 Å². The number of aromatic nitrogens is 2. The van der Waals surface area contributed by atoms with Crippen molar-refractivity contribution in [1.29, 1.82) is 0 Å². The Kier molecular flexibility index (Phi) is 4.53. The lowest BCUT2D eigenvalue weighted by Crippen LogP contribution is -2.46. The van der Waals surface area contributed by atoms with Gasteiger partial charge in [-0.25, -0.2) is 8.42 Å². The fraction of sp³-hybridized carbons (Fsp3) is 0.333. The van der Waals surface area contributed by atoms with Crippen LogP contribution in [-0.2, 0) is 26.0 Å². The maximum Gasteiger partial charge on any atom is 0.260 e. The number of carbonyl (C=O) groups excluding carboxylic acids is 2. The SMILES string of the molecule is O=C(Cn1ncc(=O)c2ccccc21)NNC(=O)[C@H]1CCS(=O)(=O)C1. The van der Waals surface area contributed by atoms with Gasteiger partial charge in [0.15, 0.2) is 9.84 Å². The molecule has 0 unspecified atom stereocenters. The zero-order valence-corrected chi connectivity index (χ0v) is 14.0. The van der Waals surface area contributed by atoms with Gasteiger partial charge in [0.2, 0.25) is 11.3 Å². The van der Waals surface area contributed by atoms with Crippen molar-refractivity contribution >= 4 is 32.6 Å². The van der Waals surface area contributed by atoms with Crippen LogP contribution in [0.4, 0.5) is 0 Å². The number of benzene rings is 1. The third-order valence-electron chi connectivity index (χ3n) is 3.98. The van der Waals surface area contributed by atoms with Crippen LogP contribution in [0.5, 0.6) is 0 Å². The van der Waals surface area contributed by atoms with E-state index in [4.69, 9.17) is 0 Å². The van der Waals surface area contributed by atoms with Gasteiger partial charge in [0.25, 0.3) is 5.91 Å². The molecule has 2 amide bonds. The fourth-order valence-corrected chi connectivity index (χ4v) is 4.44. The molecule has 1 fully saturated rings. The van der Waals surface area contributed by atoms with Gasteiger partial charge in [0, 0.05) is 5.39 Å². The summed E-state index contributed by atoms with van der Waals surface area (Å²) >= 11 is 0. The summed E-state index contributed by atoms with van der Waals surface area (Å²) in [5.74, 6) is -1.97. The molecular formula is C15H16N4O5S. The molecule has 0 radical (unpaired) electrons. The lowest BCUT2D eigenvalue weighted by Gasteiger charge is -2.12. The Bertz CT molecular complexity index is 998. The van der Waals surface area contributed by atoms with Crippen LogP contribution < -0.4 is 16.3 Å². The van der Waals surface area contributed by atoms with Crippen LogP contribution >= 0.6 is 0 Å². The molecule has 2 heterocycles. The molecule has 2 aromatic rings. The molecule has 0 saturated carbocycles. The van der Waals surface area contributed by atoms with Gasteiger partial charge < -0.3 is 0 Å². The Hall–Kier alpha value is -2.75. The highest BCUT2D eigenvalue weighted by atomic mass is 32.2. The van der Waals surface area contributed by atoms with E-state index in [-0.39, 0.29) is 29.9 Å². The van der Waals surface area contributed by atoms with Gasteiger partial charge in [-0.05, 0) is 18.6 Å². The highest BCUT2D eigenvalue weighted by molar-refractivity contribution is 7.91. The molecule has 10 heteroatoms. The molecule has 2 N–H and O–H groups in total. The maximum absolute atomic E-state index is 12.0. The fourth-order valence-electron chi connectivity index (χ4n) is 2.70. The van der Waals surface area contributed by atoms with Gasteiger partial charge >= 0.3 is 0 Å². The van der Waals surface area contributed by atoms with Crippen LogP contribution in [0.2, 0.25) is 0 Å². The van der Waals surface area contributed by atoms with Crippen LogP contribution in [-0.4, -0.2) is 41.5 Å². The molecule has 0 bridgehead atoms. The number of hydrogen-bond donors (Lipinski definition) is 2. The number of carbonyl (C=O) groups is 2. The summed E-state index contributed by atoms with van der Waals surface area (Å²) in [5, 5.41) is 4.36. The average Bonchev–Trinajstić information content (AvgIpc) is 2.95. The summed E-state index contributed by atoms with van der Waals surface area (Å²) in [6, 6.07) is 6.74. The molecule has 9 nitrogen and oxygen atoms in total. The number of fused-ring (bicyclic) bond motifs is 1. The zero-order valence-electron chi connectivity index (χ0n) is 13.1. The van der Waals surface area contributed by atoms with Crippen LogP contribution in [0.25, 0.3) is 10.9 Å². The molecule has 1 aliphatic rings. The first-order chi connectivity index (χ1) is 11.9. The smallest absolute Gasteiger partial charge is 0.260 e. The van der Waals surface area contributed by atoms with Crippen molar-refractivity contribution < 1.29 is 18.0 Å². The minimum Gasteiger partial charge on any atom is -0.287 e. The Balaban J connectivity index is 1.63. The molecule has 1 aromatic heterocycles. The molecule has 1 aliphatic heterocycles. The first-order valence-corrected chi connectivity index (χ1v) is 9.42. The standard InChI is InChI=1S/C15H16N4O5S/c20-13-7-16-19(12-4-2-1-3-11(12)13)8-14(21)17-18-15(22)10-5-6-25(23,24)9-10/h1-4,7,10H,5-6,8-9H2,(H,17,21)(H,18,22)/t10-/m0/s1. The van der Waals surface area contributed by atoms with E-state index in [9.17, 15) is 22.8 Å². The summed E-state index contributed by atoms with van der Waals surface area (Å²) < 4.78 is 24.1. The second-order valence-electron chi connectivity index (χ2n) is 5.82. The van der Waals surface area contributed by atoms with Crippen molar-refractivity contribution in [3.63, 3.8) is 0 Å². The molecule has 25 heavy (non-hydrogen) atoms. The van der Waals surface area contributed by atoms with Gasteiger partial charge in [-0.3, -0.25) is 29.9 Å². The summed E-state index contributed by atoms with van der Waals surface area (Å²) in [7, 11) is -3.17. The van der Waals surface area contributed by atoms with Crippen molar-refractivity contribution in [2.75, 3.05) is 11.5 Å². The van der Waals surface area contributed by atoms with Gasteiger partial charge in [-0.15, -0.1) is 0 Å². The first-order valence-electron chi connectivity index (χ1n) is 7.60. The summed E-state index contributed by atoms with van der Waals surface area (Å²) in [6.07, 6.45) is 1.37. The average molecular weight is 364 g/mol. The number of amides is 2. The second kappa shape index (κ2) is 6.63. The van der Waals surface area contributed by atoms with E-state index in [1.807, 2.05) is 0 Å². The van der Waals surface area contributed by atoms with Crippen molar-refractivity contribution in [2.24, 2.45) is 5.92 Å². The van der Waals surface area contributed by atoms with E-state index in [2.05, 4.69) is 16.0 Å². The van der Waals surface area contributed by atoms with Gasteiger partial charge in [0.05, 0.1) is 29.1 Å². The monoisotopic (exact) mass is 364 g/mol. The Morgan fingerprint density at radius 3 is 2.72 bits per heavy atom. The van der Waals surface area contributed by atoms with E-state index in [1.54, 1.807) is 24.3 Å². The van der Waals surface area contributed by atoms with Gasteiger partial charge in [-0.2, -0.15) is 5.10 Å². The van der Waals surface area contributed by atoms with Crippen molar-refractivity contribution in [2.45, 2.75) is 13.0 Å². The number of para-hydroxylation sites is 1. The predicted octanol–water partition coefficient (Wildman–Crippen LogP) is -1.02. The van der Waals surface area contributed by atoms with Gasteiger partial charge in [0.1, 0.15) is 6.54 Å². The van der Waals surface area contributed by atoms with Crippen LogP contribution in [0.15, 0.2) is 35.3 Å². The first kappa shape index (κ1) is 17.1. The van der Waals surface area contributed by atoms with E-state index in [0.717, 1.165) is 6.20 Å². The second-order valence-corrected chi connectivity index (χ2v) is 8.05. The largest absolute Gasteiger partial charge is 0.287 e. The minimum atomic E-state index is -3.17. The number of sulfone groups is 1. The van der Waals surface area contributed by atoms with Crippen LogP contribution in [0.3, 0.4) is 0 Å². The van der Waals surface area contributed by atoms with Crippen molar-refractivity contribution in [3.8, 4) is 0 Å². The molecule has 1 saturated heterocycles.